The smallest absolute Gasteiger partial charge is 0.243 e. The molecule has 3 rings (SSSR count). The summed E-state index contributed by atoms with van der Waals surface area (Å²) in [6.45, 7) is 3.97. The topological polar surface area (TPSA) is 84.9 Å². The number of hydrogen-bond acceptors (Lipinski definition) is 6. The number of benzene rings is 2. The SMILES string of the molecule is CCOc1ccc(NCC(=O)c2cccc(S(=O)(=O)N3CCOCC3)c2)cc1. The molecule has 0 aromatic heterocycles. The third-order valence-corrected chi connectivity index (χ3v) is 6.28. The third-order valence-electron chi connectivity index (χ3n) is 4.38. The van der Waals surface area contributed by atoms with Gasteiger partial charge in [-0.25, -0.2) is 8.42 Å². The lowest BCUT2D eigenvalue weighted by Gasteiger charge is -2.26. The van der Waals surface area contributed by atoms with Gasteiger partial charge in [0, 0.05) is 24.3 Å². The third kappa shape index (κ3) is 4.89. The van der Waals surface area contributed by atoms with Gasteiger partial charge in [0.15, 0.2) is 5.78 Å². The molecule has 0 radical (unpaired) electrons. The van der Waals surface area contributed by atoms with Crippen LogP contribution >= 0.6 is 0 Å². The van der Waals surface area contributed by atoms with Gasteiger partial charge in [-0.3, -0.25) is 4.79 Å². The van der Waals surface area contributed by atoms with Crippen molar-refractivity contribution < 1.29 is 22.7 Å². The van der Waals surface area contributed by atoms with E-state index >= 15 is 0 Å². The van der Waals surface area contributed by atoms with Gasteiger partial charge in [-0.1, -0.05) is 12.1 Å². The fourth-order valence-electron chi connectivity index (χ4n) is 2.89. The van der Waals surface area contributed by atoms with Gasteiger partial charge < -0.3 is 14.8 Å². The number of Topliss-reactive ketones (excluding diaryl/α,β-unsaturated/α-hetero) is 1. The zero-order chi connectivity index (χ0) is 20.0. The van der Waals surface area contributed by atoms with Crippen LogP contribution in [0.4, 0.5) is 5.69 Å². The minimum absolute atomic E-state index is 0.0645. The molecule has 0 spiro atoms. The van der Waals surface area contributed by atoms with Crippen LogP contribution in [-0.2, 0) is 14.8 Å². The Morgan fingerprint density at radius 1 is 1.14 bits per heavy atom. The summed E-state index contributed by atoms with van der Waals surface area (Å²) in [7, 11) is -3.63. The van der Waals surface area contributed by atoms with Crippen molar-refractivity contribution in [2.75, 3.05) is 44.8 Å². The first-order valence-electron chi connectivity index (χ1n) is 9.18. The lowest BCUT2D eigenvalue weighted by Crippen LogP contribution is -2.40. The summed E-state index contributed by atoms with van der Waals surface area (Å²) in [5.41, 5.74) is 1.14. The van der Waals surface area contributed by atoms with E-state index in [-0.39, 0.29) is 17.2 Å². The Balaban J connectivity index is 1.66. The van der Waals surface area contributed by atoms with Crippen LogP contribution in [0.3, 0.4) is 0 Å². The lowest BCUT2D eigenvalue weighted by molar-refractivity contribution is 0.0730. The first-order chi connectivity index (χ1) is 13.5. The number of nitrogens with zero attached hydrogens (tertiary/aromatic N) is 1. The van der Waals surface area contributed by atoms with E-state index in [4.69, 9.17) is 9.47 Å². The Hall–Kier alpha value is -2.42. The molecule has 8 heteroatoms. The van der Waals surface area contributed by atoms with Crippen LogP contribution in [0.2, 0.25) is 0 Å². The van der Waals surface area contributed by atoms with Crippen molar-refractivity contribution in [1.82, 2.24) is 4.31 Å². The van der Waals surface area contributed by atoms with Crippen molar-refractivity contribution in [3.8, 4) is 5.75 Å². The predicted molar refractivity (Wildman–Crippen MR) is 106 cm³/mol. The van der Waals surface area contributed by atoms with Crippen LogP contribution in [0.15, 0.2) is 53.4 Å². The monoisotopic (exact) mass is 404 g/mol. The molecular weight excluding hydrogens is 380 g/mol. The van der Waals surface area contributed by atoms with Gasteiger partial charge in [-0.2, -0.15) is 4.31 Å². The van der Waals surface area contributed by atoms with E-state index in [9.17, 15) is 13.2 Å². The molecule has 1 heterocycles. The van der Waals surface area contributed by atoms with Crippen molar-refractivity contribution >= 4 is 21.5 Å². The van der Waals surface area contributed by atoms with E-state index in [0.29, 0.717) is 38.5 Å². The summed E-state index contributed by atoms with van der Waals surface area (Å²) in [4.78, 5) is 12.7. The number of carbonyl (C=O) groups is 1. The Labute approximate surface area is 165 Å². The van der Waals surface area contributed by atoms with Crippen molar-refractivity contribution in [1.29, 1.82) is 0 Å². The van der Waals surface area contributed by atoms with Crippen LogP contribution in [0, 0.1) is 0 Å². The molecule has 0 atom stereocenters. The van der Waals surface area contributed by atoms with E-state index in [1.54, 1.807) is 12.1 Å². The molecule has 0 aliphatic carbocycles. The highest BCUT2D eigenvalue weighted by Gasteiger charge is 2.26. The summed E-state index contributed by atoms with van der Waals surface area (Å²) < 4.78 is 37.5. The van der Waals surface area contributed by atoms with Gasteiger partial charge in [0.1, 0.15) is 5.75 Å². The van der Waals surface area contributed by atoms with E-state index in [0.717, 1.165) is 11.4 Å². The van der Waals surface area contributed by atoms with Gasteiger partial charge in [0.05, 0.1) is 31.3 Å². The molecular formula is C20H24N2O5S. The standard InChI is InChI=1S/C20H24N2O5S/c1-2-27-18-8-6-17(7-9-18)21-15-20(23)16-4-3-5-19(14-16)28(24,25)22-10-12-26-13-11-22/h3-9,14,21H,2,10-13,15H2,1H3. The number of anilines is 1. The quantitative estimate of drug-likeness (QED) is 0.680. The van der Waals surface area contributed by atoms with Crippen LogP contribution in [-0.4, -0.2) is 58.0 Å². The molecule has 1 N–H and O–H groups in total. The number of ketones is 1. The first kappa shape index (κ1) is 20.3. The molecule has 28 heavy (non-hydrogen) atoms. The largest absolute Gasteiger partial charge is 0.494 e. The Morgan fingerprint density at radius 2 is 1.86 bits per heavy atom. The second-order valence-corrected chi connectivity index (χ2v) is 8.22. The van der Waals surface area contributed by atoms with Gasteiger partial charge in [0.2, 0.25) is 10.0 Å². The summed E-state index contributed by atoms with van der Waals surface area (Å²) in [6, 6.07) is 13.5. The fourth-order valence-corrected chi connectivity index (χ4v) is 4.34. The number of sulfonamides is 1. The number of hydrogen-bond donors (Lipinski definition) is 1. The minimum atomic E-state index is -3.63. The predicted octanol–water partition coefficient (Wildman–Crippen LogP) is 2.40. The zero-order valence-electron chi connectivity index (χ0n) is 15.8. The van der Waals surface area contributed by atoms with Gasteiger partial charge in [-0.15, -0.1) is 0 Å². The second kappa shape index (κ2) is 9.18. The van der Waals surface area contributed by atoms with Gasteiger partial charge in [0.25, 0.3) is 0 Å². The highest BCUT2D eigenvalue weighted by atomic mass is 32.2. The summed E-state index contributed by atoms with van der Waals surface area (Å²) in [6.07, 6.45) is 0. The molecule has 2 aromatic carbocycles. The van der Waals surface area contributed by atoms with Crippen molar-refractivity contribution in [3.05, 3.63) is 54.1 Å². The second-order valence-electron chi connectivity index (χ2n) is 6.28. The van der Waals surface area contributed by atoms with Crippen LogP contribution in [0.25, 0.3) is 0 Å². The fraction of sp³-hybridized carbons (Fsp3) is 0.350. The maximum absolute atomic E-state index is 12.8. The molecule has 0 unspecified atom stereocenters. The average Bonchev–Trinajstić information content (AvgIpc) is 2.74. The van der Waals surface area contributed by atoms with E-state index in [2.05, 4.69) is 5.32 Å². The highest BCUT2D eigenvalue weighted by Crippen LogP contribution is 2.19. The van der Waals surface area contributed by atoms with Crippen LogP contribution in [0.5, 0.6) is 5.75 Å². The number of ether oxygens (including phenoxy) is 2. The molecule has 0 bridgehead atoms. The number of nitrogens with one attached hydrogen (secondary N) is 1. The zero-order valence-corrected chi connectivity index (χ0v) is 16.6. The molecule has 7 nitrogen and oxygen atoms in total. The van der Waals surface area contributed by atoms with Crippen molar-refractivity contribution in [3.63, 3.8) is 0 Å². The highest BCUT2D eigenvalue weighted by molar-refractivity contribution is 7.89. The molecule has 1 aliphatic heterocycles. The van der Waals surface area contributed by atoms with E-state index in [1.807, 2.05) is 31.2 Å². The van der Waals surface area contributed by atoms with Crippen molar-refractivity contribution in [2.45, 2.75) is 11.8 Å². The summed E-state index contributed by atoms with van der Waals surface area (Å²) >= 11 is 0. The molecule has 0 amide bonds. The van der Waals surface area contributed by atoms with Gasteiger partial charge in [-0.05, 0) is 43.3 Å². The normalized spacial score (nSPS) is 15.2. The first-order valence-corrected chi connectivity index (χ1v) is 10.6. The Morgan fingerprint density at radius 3 is 2.54 bits per heavy atom. The number of carbonyl (C=O) groups excluding carboxylic acids is 1. The number of rotatable bonds is 8. The molecule has 1 saturated heterocycles. The molecule has 0 saturated carbocycles. The number of morpholine rings is 1. The van der Waals surface area contributed by atoms with Crippen LogP contribution < -0.4 is 10.1 Å². The Kier molecular flexibility index (Phi) is 6.66. The summed E-state index contributed by atoms with van der Waals surface area (Å²) in [5.74, 6) is 0.577. The van der Waals surface area contributed by atoms with Crippen LogP contribution in [0.1, 0.15) is 17.3 Å². The molecule has 2 aromatic rings. The van der Waals surface area contributed by atoms with E-state index < -0.39 is 10.0 Å². The lowest BCUT2D eigenvalue weighted by atomic mass is 10.1. The molecule has 150 valence electrons. The molecule has 1 fully saturated rings. The van der Waals surface area contributed by atoms with Crippen molar-refractivity contribution in [2.24, 2.45) is 0 Å². The minimum Gasteiger partial charge on any atom is -0.494 e. The molecule has 1 aliphatic rings. The average molecular weight is 404 g/mol. The van der Waals surface area contributed by atoms with E-state index in [1.165, 1.54) is 16.4 Å². The maximum atomic E-state index is 12.8. The Bertz CT molecular complexity index is 906. The summed E-state index contributed by atoms with van der Waals surface area (Å²) in [5, 5.41) is 3.05. The van der Waals surface area contributed by atoms with Gasteiger partial charge >= 0.3 is 0 Å². The maximum Gasteiger partial charge on any atom is 0.243 e.